The number of hydrogen-bond acceptors (Lipinski definition) is 6. The molecule has 1 fully saturated rings. The second-order valence-corrected chi connectivity index (χ2v) is 8.78. The smallest absolute Gasteiger partial charge is 0.264 e. The number of nitrogens with one attached hydrogen (secondary N) is 2. The maximum absolute atomic E-state index is 13.1. The molecular weight excluding hydrogens is 445 g/mol. The summed E-state index contributed by atoms with van der Waals surface area (Å²) in [6.07, 6.45) is 3.35. The summed E-state index contributed by atoms with van der Waals surface area (Å²) in [6, 6.07) is 13.4. The van der Waals surface area contributed by atoms with Crippen molar-refractivity contribution in [2.75, 3.05) is 18.4 Å². The van der Waals surface area contributed by atoms with E-state index in [0.29, 0.717) is 36.6 Å². The fourth-order valence-corrected chi connectivity index (χ4v) is 4.09. The van der Waals surface area contributed by atoms with E-state index in [1.807, 2.05) is 24.3 Å². The molecule has 9 heteroatoms. The summed E-state index contributed by atoms with van der Waals surface area (Å²) in [5, 5.41) is 22.5. The first-order valence-electron chi connectivity index (χ1n) is 10.7. The second-order valence-electron chi connectivity index (χ2n) is 8.34. The van der Waals surface area contributed by atoms with E-state index in [-0.39, 0.29) is 23.7 Å². The molecule has 0 amide bonds. The number of benzene rings is 2. The molecule has 33 heavy (non-hydrogen) atoms. The van der Waals surface area contributed by atoms with E-state index in [4.69, 9.17) is 17.0 Å². The highest BCUT2D eigenvalue weighted by Crippen LogP contribution is 2.25. The van der Waals surface area contributed by atoms with Crippen molar-refractivity contribution in [2.45, 2.75) is 31.5 Å². The molecule has 0 atom stereocenters. The highest BCUT2D eigenvalue weighted by molar-refractivity contribution is 6.30. The molecule has 0 aliphatic carbocycles. The lowest BCUT2D eigenvalue weighted by Crippen LogP contribution is -2.48. The van der Waals surface area contributed by atoms with Gasteiger partial charge >= 0.3 is 0 Å². The van der Waals surface area contributed by atoms with Gasteiger partial charge in [0.05, 0.1) is 18.5 Å². The van der Waals surface area contributed by atoms with Crippen LogP contribution in [0.3, 0.4) is 0 Å². The van der Waals surface area contributed by atoms with Crippen molar-refractivity contribution >= 4 is 29.3 Å². The van der Waals surface area contributed by atoms with Gasteiger partial charge < -0.3 is 15.8 Å². The maximum atomic E-state index is 13.1. The lowest BCUT2D eigenvalue weighted by molar-refractivity contribution is -0.0365. The van der Waals surface area contributed by atoms with E-state index in [9.17, 15) is 14.3 Å². The Bertz CT molecular complexity index is 1170. The number of aromatic nitrogens is 2. The van der Waals surface area contributed by atoms with E-state index >= 15 is 0 Å². The third kappa shape index (κ3) is 5.65. The van der Waals surface area contributed by atoms with Gasteiger partial charge in [0.15, 0.2) is 0 Å². The molecule has 0 saturated carbocycles. The average Bonchev–Trinajstić information content (AvgIpc) is 2.81. The van der Waals surface area contributed by atoms with Gasteiger partial charge in [-0.1, -0.05) is 23.7 Å². The first kappa shape index (κ1) is 23.1. The average molecular weight is 470 g/mol. The van der Waals surface area contributed by atoms with Gasteiger partial charge in [-0.2, -0.15) is 0 Å². The van der Waals surface area contributed by atoms with Crippen LogP contribution in [0, 0.1) is 11.2 Å². The Morgan fingerprint density at radius 3 is 2.45 bits per heavy atom. The molecule has 1 aliphatic rings. The number of likely N-dealkylation sites (tertiary alicyclic amines) is 1. The predicted octanol–water partition coefficient (Wildman–Crippen LogP) is 3.80. The third-order valence-electron chi connectivity index (χ3n) is 5.89. The summed E-state index contributed by atoms with van der Waals surface area (Å²) in [7, 11) is 0. The van der Waals surface area contributed by atoms with Gasteiger partial charge in [-0.25, -0.2) is 9.37 Å². The molecule has 3 aromatic rings. The number of hydrogen-bond donors (Lipinski definition) is 3. The van der Waals surface area contributed by atoms with Crippen molar-refractivity contribution < 1.29 is 9.50 Å². The Morgan fingerprint density at radius 1 is 1.15 bits per heavy atom. The summed E-state index contributed by atoms with van der Waals surface area (Å²) in [5.74, 6) is -0.161. The minimum atomic E-state index is -1.03. The quantitative estimate of drug-likeness (QED) is 0.457. The first-order chi connectivity index (χ1) is 15.8. The molecule has 7 nitrogen and oxygen atoms in total. The number of anilines is 2. The van der Waals surface area contributed by atoms with Gasteiger partial charge in [0, 0.05) is 36.6 Å². The monoisotopic (exact) mass is 469 g/mol. The Labute approximate surface area is 196 Å². The molecule has 2 heterocycles. The van der Waals surface area contributed by atoms with Gasteiger partial charge in [-0.15, -0.1) is 0 Å². The Kier molecular flexibility index (Phi) is 6.88. The highest BCUT2D eigenvalue weighted by Gasteiger charge is 2.33. The van der Waals surface area contributed by atoms with Crippen molar-refractivity contribution in [1.82, 2.24) is 14.5 Å². The Hall–Kier alpha value is -3.07. The molecule has 0 bridgehead atoms. The lowest BCUT2D eigenvalue weighted by Gasteiger charge is -2.38. The molecule has 0 unspecified atom stereocenters. The van der Waals surface area contributed by atoms with Crippen molar-refractivity contribution in [3.8, 4) is 0 Å². The summed E-state index contributed by atoms with van der Waals surface area (Å²) in [5.41, 5.74) is 0.334. The number of halogens is 2. The van der Waals surface area contributed by atoms with E-state index in [2.05, 4.69) is 15.2 Å². The SMILES string of the molecule is N=Cc1c(Nc2ccc(F)cc2)ncn(CC2(O)CCN(Cc3ccc(Cl)cc3)CC2)c1=O. The van der Waals surface area contributed by atoms with Gasteiger partial charge in [0.25, 0.3) is 5.56 Å². The summed E-state index contributed by atoms with van der Waals surface area (Å²) in [4.78, 5) is 19.5. The minimum Gasteiger partial charge on any atom is -0.388 e. The maximum Gasteiger partial charge on any atom is 0.264 e. The predicted molar refractivity (Wildman–Crippen MR) is 127 cm³/mol. The van der Waals surface area contributed by atoms with Crippen molar-refractivity contribution in [2.24, 2.45) is 0 Å². The molecule has 0 radical (unpaired) electrons. The zero-order chi connectivity index (χ0) is 23.4. The van der Waals surface area contributed by atoms with Crippen molar-refractivity contribution in [3.05, 3.63) is 87.2 Å². The Balaban J connectivity index is 1.43. The topological polar surface area (TPSA) is 94.2 Å². The van der Waals surface area contributed by atoms with E-state index in [1.54, 1.807) is 0 Å². The zero-order valence-electron chi connectivity index (χ0n) is 18.0. The van der Waals surface area contributed by atoms with Crippen LogP contribution in [0.5, 0.6) is 0 Å². The van der Waals surface area contributed by atoms with Gasteiger partial charge in [-0.05, 0) is 54.8 Å². The van der Waals surface area contributed by atoms with Crippen LogP contribution in [-0.4, -0.2) is 44.5 Å². The van der Waals surface area contributed by atoms with Crippen LogP contribution in [0.2, 0.25) is 5.02 Å². The minimum absolute atomic E-state index is 0.0746. The summed E-state index contributed by atoms with van der Waals surface area (Å²) >= 11 is 5.95. The van der Waals surface area contributed by atoms with E-state index in [1.165, 1.54) is 35.2 Å². The molecule has 0 spiro atoms. The summed E-state index contributed by atoms with van der Waals surface area (Å²) in [6.45, 7) is 2.27. The molecule has 1 aromatic heterocycles. The third-order valence-corrected chi connectivity index (χ3v) is 6.15. The number of rotatable bonds is 7. The van der Waals surface area contributed by atoms with E-state index in [0.717, 1.165) is 18.3 Å². The Morgan fingerprint density at radius 2 is 1.82 bits per heavy atom. The second kappa shape index (κ2) is 9.82. The van der Waals surface area contributed by atoms with Crippen molar-refractivity contribution in [3.63, 3.8) is 0 Å². The molecule has 1 aliphatic heterocycles. The lowest BCUT2D eigenvalue weighted by atomic mass is 9.91. The van der Waals surface area contributed by atoms with Crippen LogP contribution in [0.1, 0.15) is 24.0 Å². The number of nitrogens with zero attached hydrogens (tertiary/aromatic N) is 3. The zero-order valence-corrected chi connectivity index (χ0v) is 18.7. The van der Waals surface area contributed by atoms with Gasteiger partial charge in [0.2, 0.25) is 0 Å². The fraction of sp³-hybridized carbons (Fsp3) is 0.292. The first-order valence-corrected chi connectivity index (χ1v) is 11.0. The van der Waals surface area contributed by atoms with Crippen LogP contribution in [0.25, 0.3) is 0 Å². The number of aliphatic hydroxyl groups is 1. The number of piperidine rings is 1. The standard InChI is InChI=1S/C24H25ClFN5O2/c25-18-3-1-17(2-4-18)14-30-11-9-24(33,10-12-30)15-31-16-28-22(21(13-27)23(31)32)29-20-7-5-19(26)6-8-20/h1-8,13,16,27,29,33H,9-12,14-15H2. The molecule has 3 N–H and O–H groups in total. The van der Waals surface area contributed by atoms with Crippen LogP contribution >= 0.6 is 11.6 Å². The van der Waals surface area contributed by atoms with Gasteiger partial charge in [-0.3, -0.25) is 14.3 Å². The van der Waals surface area contributed by atoms with Crippen LogP contribution < -0.4 is 10.9 Å². The molecular formula is C24H25ClFN5O2. The molecule has 2 aromatic carbocycles. The van der Waals surface area contributed by atoms with Crippen LogP contribution in [0.4, 0.5) is 15.9 Å². The molecule has 4 rings (SSSR count). The normalized spacial score (nSPS) is 15.8. The fourth-order valence-electron chi connectivity index (χ4n) is 3.97. The van der Waals surface area contributed by atoms with Gasteiger partial charge in [0.1, 0.15) is 17.2 Å². The summed E-state index contributed by atoms with van der Waals surface area (Å²) < 4.78 is 14.5. The van der Waals surface area contributed by atoms with Crippen LogP contribution in [-0.2, 0) is 13.1 Å². The molecule has 172 valence electrons. The molecule has 1 saturated heterocycles. The highest BCUT2D eigenvalue weighted by atomic mass is 35.5. The van der Waals surface area contributed by atoms with Crippen LogP contribution in [0.15, 0.2) is 59.7 Å². The largest absolute Gasteiger partial charge is 0.388 e. The van der Waals surface area contributed by atoms with E-state index < -0.39 is 11.2 Å². The van der Waals surface area contributed by atoms with Crippen molar-refractivity contribution in [1.29, 1.82) is 5.41 Å².